The Kier molecular flexibility index (Phi) is 8.06. The third kappa shape index (κ3) is 6.50. The summed E-state index contributed by atoms with van der Waals surface area (Å²) in [6, 6.07) is 7.82. The van der Waals surface area contributed by atoms with Crippen LogP contribution >= 0.6 is 0 Å². The van der Waals surface area contributed by atoms with Crippen molar-refractivity contribution in [2.24, 2.45) is 0 Å². The third-order valence-electron chi connectivity index (χ3n) is 2.56. The van der Waals surface area contributed by atoms with Crippen molar-refractivity contribution >= 4 is 0 Å². The number of hydrogen-bond donors (Lipinski definition) is 1. The lowest BCUT2D eigenvalue weighted by Gasteiger charge is -2.08. The molecule has 0 spiro atoms. The molecule has 3 nitrogen and oxygen atoms in total. The third-order valence-corrected chi connectivity index (χ3v) is 2.56. The van der Waals surface area contributed by atoms with Gasteiger partial charge < -0.3 is 14.8 Å². The van der Waals surface area contributed by atoms with Gasteiger partial charge in [-0.1, -0.05) is 13.0 Å². The molecule has 0 bridgehead atoms. The fourth-order valence-corrected chi connectivity index (χ4v) is 1.66. The molecule has 0 amide bonds. The zero-order valence-corrected chi connectivity index (χ0v) is 11.6. The quantitative estimate of drug-likeness (QED) is 0.648. The van der Waals surface area contributed by atoms with Crippen molar-refractivity contribution < 1.29 is 9.47 Å². The monoisotopic (exact) mass is 251 g/mol. The molecule has 0 aliphatic heterocycles. The van der Waals surface area contributed by atoms with Gasteiger partial charge in [0, 0.05) is 6.07 Å². The SMILES string of the molecule is CCCNCCCCOc1cccc(OCC)c1. The Bertz CT molecular complexity index is 315. The Morgan fingerprint density at radius 2 is 1.78 bits per heavy atom. The van der Waals surface area contributed by atoms with Crippen LogP contribution in [0.1, 0.15) is 33.1 Å². The first kappa shape index (κ1) is 14.8. The second kappa shape index (κ2) is 9.77. The van der Waals surface area contributed by atoms with E-state index in [1.807, 2.05) is 31.2 Å². The molecule has 1 aromatic rings. The Morgan fingerprint density at radius 1 is 1.00 bits per heavy atom. The minimum Gasteiger partial charge on any atom is -0.494 e. The minimum absolute atomic E-state index is 0.687. The molecule has 0 radical (unpaired) electrons. The highest BCUT2D eigenvalue weighted by Gasteiger charge is 1.97. The Hall–Kier alpha value is -1.22. The number of ether oxygens (including phenoxy) is 2. The number of benzene rings is 1. The summed E-state index contributed by atoms with van der Waals surface area (Å²) < 4.78 is 11.1. The van der Waals surface area contributed by atoms with Gasteiger partial charge in [-0.2, -0.15) is 0 Å². The molecule has 18 heavy (non-hydrogen) atoms. The molecule has 0 fully saturated rings. The predicted molar refractivity (Wildman–Crippen MR) is 75.5 cm³/mol. The van der Waals surface area contributed by atoms with E-state index in [1.54, 1.807) is 0 Å². The van der Waals surface area contributed by atoms with Crippen molar-refractivity contribution in [2.75, 3.05) is 26.3 Å². The van der Waals surface area contributed by atoms with Gasteiger partial charge in [0.25, 0.3) is 0 Å². The van der Waals surface area contributed by atoms with Crippen molar-refractivity contribution in [1.82, 2.24) is 5.32 Å². The topological polar surface area (TPSA) is 30.5 Å². The van der Waals surface area contributed by atoms with Crippen LogP contribution in [-0.4, -0.2) is 26.3 Å². The molecule has 1 rings (SSSR count). The van der Waals surface area contributed by atoms with Gasteiger partial charge in [-0.05, 0) is 51.4 Å². The largest absolute Gasteiger partial charge is 0.494 e. The highest BCUT2D eigenvalue weighted by atomic mass is 16.5. The summed E-state index contributed by atoms with van der Waals surface area (Å²) in [5.74, 6) is 1.77. The van der Waals surface area contributed by atoms with E-state index in [0.29, 0.717) is 6.61 Å². The molecule has 1 aromatic carbocycles. The molecule has 0 aliphatic carbocycles. The Morgan fingerprint density at radius 3 is 2.50 bits per heavy atom. The summed E-state index contributed by atoms with van der Waals surface area (Å²) in [6.07, 6.45) is 3.43. The first-order valence-electron chi connectivity index (χ1n) is 6.93. The molecule has 0 unspecified atom stereocenters. The van der Waals surface area contributed by atoms with Crippen LogP contribution in [0.4, 0.5) is 0 Å². The van der Waals surface area contributed by atoms with Crippen LogP contribution in [0.2, 0.25) is 0 Å². The van der Waals surface area contributed by atoms with E-state index in [0.717, 1.165) is 44.0 Å². The molecule has 0 heterocycles. The normalized spacial score (nSPS) is 10.3. The first-order chi connectivity index (χ1) is 8.86. The molecule has 3 heteroatoms. The van der Waals surface area contributed by atoms with Gasteiger partial charge in [0.05, 0.1) is 13.2 Å². The van der Waals surface area contributed by atoms with E-state index in [9.17, 15) is 0 Å². The van der Waals surface area contributed by atoms with E-state index < -0.39 is 0 Å². The molecule has 1 N–H and O–H groups in total. The van der Waals surface area contributed by atoms with Gasteiger partial charge in [0.15, 0.2) is 0 Å². The average molecular weight is 251 g/mol. The van der Waals surface area contributed by atoms with Crippen molar-refractivity contribution in [3.05, 3.63) is 24.3 Å². The van der Waals surface area contributed by atoms with Crippen molar-refractivity contribution in [3.63, 3.8) is 0 Å². The second-order valence-corrected chi connectivity index (χ2v) is 4.21. The van der Waals surface area contributed by atoms with E-state index in [2.05, 4.69) is 12.2 Å². The molecule has 0 saturated heterocycles. The van der Waals surface area contributed by atoms with Gasteiger partial charge in [-0.25, -0.2) is 0 Å². The van der Waals surface area contributed by atoms with Crippen LogP contribution in [0.5, 0.6) is 11.5 Å². The Labute approximate surface area is 110 Å². The van der Waals surface area contributed by atoms with Crippen LogP contribution in [0, 0.1) is 0 Å². The van der Waals surface area contributed by atoms with E-state index in [1.165, 1.54) is 6.42 Å². The molecular weight excluding hydrogens is 226 g/mol. The van der Waals surface area contributed by atoms with E-state index in [-0.39, 0.29) is 0 Å². The maximum absolute atomic E-state index is 5.69. The summed E-state index contributed by atoms with van der Waals surface area (Å²) in [4.78, 5) is 0. The van der Waals surface area contributed by atoms with E-state index in [4.69, 9.17) is 9.47 Å². The fourth-order valence-electron chi connectivity index (χ4n) is 1.66. The summed E-state index contributed by atoms with van der Waals surface area (Å²) in [5.41, 5.74) is 0. The maximum Gasteiger partial charge on any atom is 0.122 e. The van der Waals surface area contributed by atoms with Gasteiger partial charge in [0.2, 0.25) is 0 Å². The predicted octanol–water partition coefficient (Wildman–Crippen LogP) is 3.24. The maximum atomic E-state index is 5.69. The van der Waals surface area contributed by atoms with Gasteiger partial charge in [0.1, 0.15) is 11.5 Å². The molecule has 0 aliphatic rings. The smallest absolute Gasteiger partial charge is 0.122 e. The molecule has 0 aromatic heterocycles. The highest BCUT2D eigenvalue weighted by molar-refractivity contribution is 5.32. The molecule has 102 valence electrons. The van der Waals surface area contributed by atoms with Crippen molar-refractivity contribution in [2.45, 2.75) is 33.1 Å². The van der Waals surface area contributed by atoms with E-state index >= 15 is 0 Å². The zero-order valence-electron chi connectivity index (χ0n) is 11.6. The number of unbranched alkanes of at least 4 members (excludes halogenated alkanes) is 1. The van der Waals surface area contributed by atoms with Crippen LogP contribution < -0.4 is 14.8 Å². The fraction of sp³-hybridized carbons (Fsp3) is 0.600. The van der Waals surface area contributed by atoms with Crippen LogP contribution in [0.3, 0.4) is 0 Å². The van der Waals surface area contributed by atoms with Gasteiger partial charge in [-0.15, -0.1) is 0 Å². The number of nitrogens with one attached hydrogen (secondary N) is 1. The lowest BCUT2D eigenvalue weighted by Crippen LogP contribution is -2.16. The lowest BCUT2D eigenvalue weighted by molar-refractivity contribution is 0.300. The number of rotatable bonds is 10. The highest BCUT2D eigenvalue weighted by Crippen LogP contribution is 2.19. The molecule has 0 saturated carbocycles. The van der Waals surface area contributed by atoms with Crippen molar-refractivity contribution in [1.29, 1.82) is 0 Å². The molecule has 0 atom stereocenters. The van der Waals surface area contributed by atoms with Crippen LogP contribution in [0.15, 0.2) is 24.3 Å². The summed E-state index contributed by atoms with van der Waals surface area (Å²) in [6.45, 7) is 7.81. The van der Waals surface area contributed by atoms with Crippen LogP contribution in [-0.2, 0) is 0 Å². The summed E-state index contributed by atoms with van der Waals surface area (Å²) >= 11 is 0. The van der Waals surface area contributed by atoms with Crippen LogP contribution in [0.25, 0.3) is 0 Å². The minimum atomic E-state index is 0.687. The zero-order chi connectivity index (χ0) is 13.1. The van der Waals surface area contributed by atoms with Crippen molar-refractivity contribution in [3.8, 4) is 11.5 Å². The standard InChI is InChI=1S/C15H25NO2/c1-3-10-16-11-5-6-12-18-15-9-7-8-14(13-15)17-4-2/h7-9,13,16H,3-6,10-12H2,1-2H3. The number of hydrogen-bond acceptors (Lipinski definition) is 3. The first-order valence-corrected chi connectivity index (χ1v) is 6.93. The molecular formula is C15H25NO2. The lowest BCUT2D eigenvalue weighted by atomic mass is 10.3. The van der Waals surface area contributed by atoms with Gasteiger partial charge >= 0.3 is 0 Å². The van der Waals surface area contributed by atoms with Gasteiger partial charge in [-0.3, -0.25) is 0 Å². The summed E-state index contributed by atoms with van der Waals surface area (Å²) in [5, 5.41) is 3.38. The average Bonchev–Trinajstić information content (AvgIpc) is 2.39. The Balaban J connectivity index is 2.13. The second-order valence-electron chi connectivity index (χ2n) is 4.21. The summed E-state index contributed by atoms with van der Waals surface area (Å²) in [7, 11) is 0.